The van der Waals surface area contributed by atoms with Crippen LogP contribution in [0.2, 0.25) is 0 Å². The Balaban J connectivity index is 2.50. The van der Waals surface area contributed by atoms with E-state index in [1.54, 1.807) is 6.07 Å². The van der Waals surface area contributed by atoms with Gasteiger partial charge in [0.15, 0.2) is 0 Å². The molecule has 2 N–H and O–H groups in total. The van der Waals surface area contributed by atoms with E-state index >= 15 is 0 Å². The normalized spacial score (nSPS) is 11.0. The molecule has 0 saturated heterocycles. The first kappa shape index (κ1) is 13.5. The summed E-state index contributed by atoms with van der Waals surface area (Å²) in [5.41, 5.74) is 1.08. The van der Waals surface area contributed by atoms with Gasteiger partial charge in [-0.25, -0.2) is 4.39 Å². The smallest absolute Gasteiger partial charge is 0.124 e. The molecule has 3 nitrogen and oxygen atoms in total. The number of hydrogen-bond donors (Lipinski definition) is 2. The molecule has 0 aliphatic carbocycles. The zero-order chi connectivity index (χ0) is 12.9. The van der Waals surface area contributed by atoms with Gasteiger partial charge in [-0.05, 0) is 39.0 Å². The highest BCUT2D eigenvalue weighted by atomic mass is 19.1. The van der Waals surface area contributed by atoms with Crippen molar-refractivity contribution < 1.29 is 4.39 Å². The highest BCUT2D eigenvalue weighted by Gasteiger charge is 2.07. The van der Waals surface area contributed by atoms with Gasteiger partial charge >= 0.3 is 0 Å². The second-order valence-electron chi connectivity index (χ2n) is 4.91. The quantitative estimate of drug-likeness (QED) is 0.788. The van der Waals surface area contributed by atoms with E-state index in [0.717, 1.165) is 6.54 Å². The van der Waals surface area contributed by atoms with Crippen LogP contribution in [0.25, 0.3) is 0 Å². The summed E-state index contributed by atoms with van der Waals surface area (Å²) in [4.78, 5) is 0. The lowest BCUT2D eigenvalue weighted by atomic mass is 10.1. The monoisotopic (exact) mass is 235 g/mol. The van der Waals surface area contributed by atoms with Crippen LogP contribution < -0.4 is 10.6 Å². The number of hydrogen-bond acceptors (Lipinski definition) is 3. The first-order valence-electron chi connectivity index (χ1n) is 5.61. The van der Waals surface area contributed by atoms with Gasteiger partial charge in [0.2, 0.25) is 0 Å². The number of nitriles is 1. The second-order valence-corrected chi connectivity index (χ2v) is 4.91. The lowest BCUT2D eigenvalue weighted by molar-refractivity contribution is 0.435. The molecule has 1 rings (SSSR count). The van der Waals surface area contributed by atoms with Crippen molar-refractivity contribution in [2.24, 2.45) is 0 Å². The average molecular weight is 235 g/mol. The van der Waals surface area contributed by atoms with Gasteiger partial charge in [-0.2, -0.15) is 5.26 Å². The molecule has 92 valence electrons. The van der Waals surface area contributed by atoms with Crippen LogP contribution in [0, 0.1) is 17.1 Å². The molecule has 1 aromatic rings. The third kappa shape index (κ3) is 4.83. The minimum absolute atomic E-state index is 0.0720. The summed E-state index contributed by atoms with van der Waals surface area (Å²) in [7, 11) is 0. The van der Waals surface area contributed by atoms with Crippen LogP contribution in [0.5, 0.6) is 0 Å². The highest BCUT2D eigenvalue weighted by Crippen LogP contribution is 2.15. The van der Waals surface area contributed by atoms with Gasteiger partial charge in [0, 0.05) is 18.6 Å². The van der Waals surface area contributed by atoms with Crippen molar-refractivity contribution in [2.45, 2.75) is 26.3 Å². The van der Waals surface area contributed by atoms with E-state index in [4.69, 9.17) is 5.26 Å². The Kier molecular flexibility index (Phi) is 4.47. The molecule has 0 aliphatic heterocycles. The molecule has 0 heterocycles. The molecule has 0 amide bonds. The van der Waals surface area contributed by atoms with Crippen molar-refractivity contribution in [3.8, 4) is 6.07 Å². The number of nitrogens with zero attached hydrogens (tertiary/aromatic N) is 1. The van der Waals surface area contributed by atoms with Crippen molar-refractivity contribution in [3.05, 3.63) is 29.6 Å². The van der Waals surface area contributed by atoms with Crippen LogP contribution in [0.1, 0.15) is 26.3 Å². The fourth-order valence-corrected chi connectivity index (χ4v) is 1.40. The number of halogens is 1. The fraction of sp³-hybridized carbons (Fsp3) is 0.462. The third-order valence-corrected chi connectivity index (χ3v) is 2.20. The van der Waals surface area contributed by atoms with Crippen LogP contribution in [0.4, 0.5) is 10.1 Å². The van der Waals surface area contributed by atoms with Gasteiger partial charge in [0.25, 0.3) is 0 Å². The Hall–Kier alpha value is -1.60. The largest absolute Gasteiger partial charge is 0.383 e. The molecule has 0 spiro atoms. The summed E-state index contributed by atoms with van der Waals surface area (Å²) in [6, 6.07) is 6.14. The topological polar surface area (TPSA) is 47.8 Å². The lowest BCUT2D eigenvalue weighted by Crippen LogP contribution is -2.38. The number of nitrogens with one attached hydrogen (secondary N) is 2. The van der Waals surface area contributed by atoms with E-state index in [9.17, 15) is 4.39 Å². The van der Waals surface area contributed by atoms with Gasteiger partial charge in [-0.15, -0.1) is 0 Å². The first-order chi connectivity index (χ1) is 7.92. The molecule has 0 aliphatic rings. The van der Waals surface area contributed by atoms with Gasteiger partial charge in [-0.3, -0.25) is 0 Å². The molecule has 0 fully saturated rings. The van der Waals surface area contributed by atoms with Gasteiger partial charge in [-0.1, -0.05) is 0 Å². The van der Waals surface area contributed by atoms with Gasteiger partial charge in [0.1, 0.15) is 11.9 Å². The van der Waals surface area contributed by atoms with Gasteiger partial charge in [0.05, 0.1) is 11.3 Å². The highest BCUT2D eigenvalue weighted by molar-refractivity contribution is 5.57. The summed E-state index contributed by atoms with van der Waals surface area (Å²) in [5.74, 6) is -0.389. The Morgan fingerprint density at radius 1 is 1.29 bits per heavy atom. The van der Waals surface area contributed by atoms with Crippen molar-refractivity contribution in [2.75, 3.05) is 18.4 Å². The maximum Gasteiger partial charge on any atom is 0.124 e. The third-order valence-electron chi connectivity index (χ3n) is 2.20. The molecule has 0 unspecified atom stereocenters. The molecule has 0 radical (unpaired) electrons. The predicted molar refractivity (Wildman–Crippen MR) is 67.4 cm³/mol. The molecule has 1 aromatic carbocycles. The molecule has 0 atom stereocenters. The maximum absolute atomic E-state index is 12.9. The molecule has 4 heteroatoms. The van der Waals surface area contributed by atoms with Crippen molar-refractivity contribution in [3.63, 3.8) is 0 Å². The van der Waals surface area contributed by atoms with Crippen molar-refractivity contribution in [1.82, 2.24) is 5.32 Å². The standard InChI is InChI=1S/C13H18FN3/c1-13(2,3)17-7-6-16-12-5-4-11(14)8-10(12)9-15/h4-5,8,16-17H,6-7H2,1-3H3. The lowest BCUT2D eigenvalue weighted by Gasteiger charge is -2.20. The minimum Gasteiger partial charge on any atom is -0.383 e. The molecular weight excluding hydrogens is 217 g/mol. The van der Waals surface area contributed by atoms with Crippen LogP contribution in [-0.4, -0.2) is 18.6 Å². The van der Waals surface area contributed by atoms with Crippen LogP contribution in [0.15, 0.2) is 18.2 Å². The summed E-state index contributed by atoms with van der Waals surface area (Å²) in [6.45, 7) is 7.74. The van der Waals surface area contributed by atoms with E-state index in [-0.39, 0.29) is 11.4 Å². The Morgan fingerprint density at radius 3 is 2.59 bits per heavy atom. The summed E-state index contributed by atoms with van der Waals surface area (Å²) in [6.07, 6.45) is 0. The summed E-state index contributed by atoms with van der Waals surface area (Å²) in [5, 5.41) is 15.3. The fourth-order valence-electron chi connectivity index (χ4n) is 1.40. The number of benzene rings is 1. The second kappa shape index (κ2) is 5.65. The summed E-state index contributed by atoms with van der Waals surface area (Å²) >= 11 is 0. The molecular formula is C13H18FN3. The zero-order valence-corrected chi connectivity index (χ0v) is 10.5. The predicted octanol–water partition coefficient (Wildman–Crippen LogP) is 2.50. The molecule has 0 saturated carbocycles. The number of rotatable bonds is 4. The Bertz CT molecular complexity index is 416. The van der Waals surface area contributed by atoms with E-state index in [1.165, 1.54) is 12.1 Å². The Labute approximate surface area is 102 Å². The van der Waals surface area contributed by atoms with Crippen LogP contribution >= 0.6 is 0 Å². The molecule has 0 aromatic heterocycles. The van der Waals surface area contributed by atoms with E-state index in [1.807, 2.05) is 6.07 Å². The van der Waals surface area contributed by atoms with E-state index in [0.29, 0.717) is 17.8 Å². The maximum atomic E-state index is 12.9. The van der Waals surface area contributed by atoms with Crippen LogP contribution in [-0.2, 0) is 0 Å². The Morgan fingerprint density at radius 2 is 2.00 bits per heavy atom. The van der Waals surface area contributed by atoms with E-state index < -0.39 is 0 Å². The van der Waals surface area contributed by atoms with Crippen LogP contribution in [0.3, 0.4) is 0 Å². The van der Waals surface area contributed by atoms with E-state index in [2.05, 4.69) is 31.4 Å². The van der Waals surface area contributed by atoms with Gasteiger partial charge < -0.3 is 10.6 Å². The van der Waals surface area contributed by atoms with Crippen molar-refractivity contribution >= 4 is 5.69 Å². The molecule has 17 heavy (non-hydrogen) atoms. The summed E-state index contributed by atoms with van der Waals surface area (Å²) < 4.78 is 12.9. The average Bonchev–Trinajstić information content (AvgIpc) is 2.24. The van der Waals surface area contributed by atoms with Crippen molar-refractivity contribution in [1.29, 1.82) is 5.26 Å². The SMILES string of the molecule is CC(C)(C)NCCNc1ccc(F)cc1C#N. The number of anilines is 1. The molecule has 0 bridgehead atoms. The zero-order valence-electron chi connectivity index (χ0n) is 10.5. The first-order valence-corrected chi connectivity index (χ1v) is 5.61. The minimum atomic E-state index is -0.389.